The molecule has 1 unspecified atom stereocenters. The number of benzene rings is 2. The molecule has 1 atom stereocenters. The number of hydrazone groups is 1. The first kappa shape index (κ1) is 16.5. The topological polar surface area (TPSA) is 70.9 Å². The molecule has 0 bridgehead atoms. The van der Waals surface area contributed by atoms with Gasteiger partial charge in [0.25, 0.3) is 5.91 Å². The summed E-state index contributed by atoms with van der Waals surface area (Å²) in [6.45, 7) is 5.63. The lowest BCUT2D eigenvalue weighted by Gasteiger charge is -2.14. The fourth-order valence-electron chi connectivity index (χ4n) is 2.08. The standard InChI is InChI=1S/C18H20N2O3/c1-12-8-13(2)10-17(9-12)23-14(3)18(22)20-19-11-15-4-6-16(21)7-5-15/h4-11,14,21H,1-3H3,(H,20,22). The summed E-state index contributed by atoms with van der Waals surface area (Å²) < 4.78 is 5.64. The van der Waals surface area contributed by atoms with Crippen LogP contribution >= 0.6 is 0 Å². The van der Waals surface area contributed by atoms with Crippen LogP contribution in [0.3, 0.4) is 0 Å². The fraction of sp³-hybridized carbons (Fsp3) is 0.222. The quantitative estimate of drug-likeness (QED) is 0.659. The SMILES string of the molecule is Cc1cc(C)cc(OC(C)C(=O)NN=Cc2ccc(O)cc2)c1. The van der Waals surface area contributed by atoms with Crippen LogP contribution in [0.1, 0.15) is 23.6 Å². The Morgan fingerprint density at radius 2 is 1.78 bits per heavy atom. The first-order valence-corrected chi connectivity index (χ1v) is 7.31. The smallest absolute Gasteiger partial charge is 0.280 e. The van der Waals surface area contributed by atoms with E-state index >= 15 is 0 Å². The molecule has 23 heavy (non-hydrogen) atoms. The Kier molecular flexibility index (Phi) is 5.36. The van der Waals surface area contributed by atoms with Crippen molar-refractivity contribution < 1.29 is 14.6 Å². The molecule has 2 aromatic rings. The second-order valence-corrected chi connectivity index (χ2v) is 5.41. The van der Waals surface area contributed by atoms with Crippen LogP contribution in [-0.4, -0.2) is 23.3 Å². The van der Waals surface area contributed by atoms with Crippen LogP contribution < -0.4 is 10.2 Å². The molecule has 0 aromatic heterocycles. The van der Waals surface area contributed by atoms with E-state index in [-0.39, 0.29) is 11.7 Å². The van der Waals surface area contributed by atoms with E-state index in [1.165, 1.54) is 6.21 Å². The molecule has 2 N–H and O–H groups in total. The second kappa shape index (κ2) is 7.45. The van der Waals surface area contributed by atoms with Gasteiger partial charge in [-0.2, -0.15) is 5.10 Å². The highest BCUT2D eigenvalue weighted by molar-refractivity contribution is 5.84. The van der Waals surface area contributed by atoms with Gasteiger partial charge in [0, 0.05) is 0 Å². The molecule has 120 valence electrons. The summed E-state index contributed by atoms with van der Waals surface area (Å²) >= 11 is 0. The third-order valence-electron chi connectivity index (χ3n) is 3.16. The number of rotatable bonds is 5. The Labute approximate surface area is 135 Å². The van der Waals surface area contributed by atoms with Crippen LogP contribution in [0, 0.1) is 13.8 Å². The largest absolute Gasteiger partial charge is 0.508 e. The van der Waals surface area contributed by atoms with E-state index in [4.69, 9.17) is 4.74 Å². The van der Waals surface area contributed by atoms with Crippen molar-refractivity contribution in [3.8, 4) is 11.5 Å². The van der Waals surface area contributed by atoms with Gasteiger partial charge in [0.1, 0.15) is 11.5 Å². The zero-order chi connectivity index (χ0) is 16.8. The van der Waals surface area contributed by atoms with Gasteiger partial charge in [-0.1, -0.05) is 6.07 Å². The molecule has 0 fully saturated rings. The van der Waals surface area contributed by atoms with Gasteiger partial charge >= 0.3 is 0 Å². The summed E-state index contributed by atoms with van der Waals surface area (Å²) in [4.78, 5) is 12.0. The minimum atomic E-state index is -0.659. The fourth-order valence-corrected chi connectivity index (χ4v) is 2.08. The molecular formula is C18H20N2O3. The van der Waals surface area contributed by atoms with Crippen LogP contribution in [0.15, 0.2) is 47.6 Å². The summed E-state index contributed by atoms with van der Waals surface area (Å²) in [7, 11) is 0. The Hall–Kier alpha value is -2.82. The zero-order valence-electron chi connectivity index (χ0n) is 13.4. The molecule has 0 saturated carbocycles. The predicted molar refractivity (Wildman–Crippen MR) is 89.8 cm³/mol. The maximum Gasteiger partial charge on any atom is 0.280 e. The highest BCUT2D eigenvalue weighted by Crippen LogP contribution is 2.17. The molecule has 0 radical (unpaired) electrons. The lowest BCUT2D eigenvalue weighted by molar-refractivity contribution is -0.127. The van der Waals surface area contributed by atoms with Gasteiger partial charge in [0.15, 0.2) is 6.10 Å². The second-order valence-electron chi connectivity index (χ2n) is 5.41. The lowest BCUT2D eigenvalue weighted by Crippen LogP contribution is -2.33. The van der Waals surface area contributed by atoms with E-state index in [1.807, 2.05) is 32.0 Å². The Morgan fingerprint density at radius 1 is 1.17 bits per heavy atom. The number of hydrogen-bond donors (Lipinski definition) is 2. The number of carbonyl (C=O) groups excluding carboxylic acids is 1. The van der Waals surface area contributed by atoms with E-state index in [1.54, 1.807) is 31.2 Å². The summed E-state index contributed by atoms with van der Waals surface area (Å²) in [6, 6.07) is 12.3. The van der Waals surface area contributed by atoms with Crippen LogP contribution in [0.5, 0.6) is 11.5 Å². The van der Waals surface area contributed by atoms with Crippen LogP contribution in [0.4, 0.5) is 0 Å². The van der Waals surface area contributed by atoms with Crippen molar-refractivity contribution in [3.05, 3.63) is 59.2 Å². The van der Waals surface area contributed by atoms with Gasteiger partial charge in [-0.05, 0) is 73.9 Å². The minimum Gasteiger partial charge on any atom is -0.508 e. The number of ether oxygens (including phenoxy) is 1. The number of nitrogens with zero attached hydrogens (tertiary/aromatic N) is 1. The minimum absolute atomic E-state index is 0.182. The summed E-state index contributed by atoms with van der Waals surface area (Å²) in [5.41, 5.74) is 5.37. The maximum absolute atomic E-state index is 12.0. The molecular weight excluding hydrogens is 292 g/mol. The Morgan fingerprint density at radius 3 is 2.39 bits per heavy atom. The van der Waals surface area contributed by atoms with Crippen molar-refractivity contribution in [1.29, 1.82) is 0 Å². The number of amides is 1. The number of phenolic OH excluding ortho intramolecular Hbond substituents is 1. The summed E-state index contributed by atoms with van der Waals surface area (Å²) in [5, 5.41) is 13.1. The number of phenols is 1. The number of nitrogens with one attached hydrogen (secondary N) is 1. The van der Waals surface area contributed by atoms with E-state index in [9.17, 15) is 9.90 Å². The first-order valence-electron chi connectivity index (χ1n) is 7.31. The van der Waals surface area contributed by atoms with Gasteiger partial charge in [-0.25, -0.2) is 5.43 Å². The van der Waals surface area contributed by atoms with Crippen LogP contribution in [0.2, 0.25) is 0 Å². The molecule has 0 aliphatic rings. The molecule has 5 nitrogen and oxygen atoms in total. The monoisotopic (exact) mass is 312 g/mol. The third kappa shape index (κ3) is 5.14. The van der Waals surface area contributed by atoms with Crippen LogP contribution in [0.25, 0.3) is 0 Å². The highest BCUT2D eigenvalue weighted by Gasteiger charge is 2.14. The third-order valence-corrected chi connectivity index (χ3v) is 3.16. The molecule has 2 rings (SSSR count). The number of hydrogen-bond acceptors (Lipinski definition) is 4. The maximum atomic E-state index is 12.0. The molecule has 0 spiro atoms. The number of carbonyl (C=O) groups is 1. The molecule has 0 heterocycles. The first-order chi connectivity index (χ1) is 10.9. The van der Waals surface area contributed by atoms with Crippen molar-refractivity contribution in [3.63, 3.8) is 0 Å². The molecule has 0 saturated heterocycles. The molecule has 5 heteroatoms. The van der Waals surface area contributed by atoms with Crippen LogP contribution in [-0.2, 0) is 4.79 Å². The number of aromatic hydroxyl groups is 1. The normalized spacial score (nSPS) is 12.1. The number of aryl methyl sites for hydroxylation is 2. The van der Waals surface area contributed by atoms with E-state index in [2.05, 4.69) is 10.5 Å². The Balaban J connectivity index is 1.90. The van der Waals surface area contributed by atoms with E-state index in [0.29, 0.717) is 5.75 Å². The summed E-state index contributed by atoms with van der Waals surface area (Å²) in [6.07, 6.45) is 0.842. The van der Waals surface area contributed by atoms with Gasteiger partial charge in [-0.15, -0.1) is 0 Å². The molecule has 0 aliphatic carbocycles. The molecule has 2 aromatic carbocycles. The van der Waals surface area contributed by atoms with Crippen molar-refractivity contribution in [2.75, 3.05) is 0 Å². The molecule has 0 aliphatic heterocycles. The highest BCUT2D eigenvalue weighted by atomic mass is 16.5. The van der Waals surface area contributed by atoms with Crippen molar-refractivity contribution in [1.82, 2.24) is 5.43 Å². The predicted octanol–water partition coefficient (Wildman–Crippen LogP) is 2.93. The Bertz CT molecular complexity index is 688. The van der Waals surface area contributed by atoms with Gasteiger partial charge in [-0.3, -0.25) is 4.79 Å². The zero-order valence-corrected chi connectivity index (χ0v) is 13.4. The average Bonchev–Trinajstić information content (AvgIpc) is 2.48. The lowest BCUT2D eigenvalue weighted by atomic mass is 10.1. The van der Waals surface area contributed by atoms with E-state index < -0.39 is 6.10 Å². The van der Waals surface area contributed by atoms with Gasteiger partial charge in [0.05, 0.1) is 6.21 Å². The molecule has 1 amide bonds. The van der Waals surface area contributed by atoms with Crippen molar-refractivity contribution in [2.24, 2.45) is 5.10 Å². The van der Waals surface area contributed by atoms with Gasteiger partial charge < -0.3 is 9.84 Å². The summed E-state index contributed by atoms with van der Waals surface area (Å²) in [5.74, 6) is 0.508. The van der Waals surface area contributed by atoms with Gasteiger partial charge in [0.2, 0.25) is 0 Å². The average molecular weight is 312 g/mol. The van der Waals surface area contributed by atoms with Crippen molar-refractivity contribution in [2.45, 2.75) is 26.9 Å². The van der Waals surface area contributed by atoms with E-state index in [0.717, 1.165) is 16.7 Å². The van der Waals surface area contributed by atoms with Crippen molar-refractivity contribution >= 4 is 12.1 Å².